The van der Waals surface area contributed by atoms with Crippen LogP contribution in [0.5, 0.6) is 0 Å². The summed E-state index contributed by atoms with van der Waals surface area (Å²) in [4.78, 5) is 0. The molecule has 0 aliphatic rings. The van der Waals surface area contributed by atoms with E-state index in [0.29, 0.717) is 0 Å². The summed E-state index contributed by atoms with van der Waals surface area (Å²) >= 11 is 0. The molecule has 7 heavy (non-hydrogen) atoms. The van der Waals surface area contributed by atoms with Crippen molar-refractivity contribution in [1.29, 1.82) is 0 Å². The van der Waals surface area contributed by atoms with Crippen LogP contribution in [0.2, 0.25) is 0 Å². The van der Waals surface area contributed by atoms with Crippen LogP contribution < -0.4 is 0 Å². The summed E-state index contributed by atoms with van der Waals surface area (Å²) in [5.74, 6) is 0. The zero-order valence-electron chi connectivity index (χ0n) is 4.41. The predicted molar refractivity (Wildman–Crippen MR) is 41.1 cm³/mol. The van der Waals surface area contributed by atoms with Gasteiger partial charge in [-0.15, -0.1) is 6.58 Å². The summed E-state index contributed by atoms with van der Waals surface area (Å²) in [6.45, 7) is 5.78. The molecule has 0 bridgehead atoms. The average molecular weight is 161 g/mol. The summed E-state index contributed by atoms with van der Waals surface area (Å²) in [7, 11) is 0. The number of unbranched alkanes of at least 4 members (excludes halogenated alkanes) is 2. The molecule has 0 saturated carbocycles. The molecule has 0 aromatic heterocycles. The molecule has 0 heterocycles. The van der Waals surface area contributed by atoms with Crippen LogP contribution in [0.4, 0.5) is 0 Å². The van der Waals surface area contributed by atoms with E-state index in [9.17, 15) is 0 Å². The molecular formula is C6H16Ge. The minimum absolute atomic E-state index is 0. The number of hydrogen-bond donors (Lipinski definition) is 0. The van der Waals surface area contributed by atoms with Gasteiger partial charge in [0.1, 0.15) is 0 Å². The van der Waals surface area contributed by atoms with Gasteiger partial charge in [0.15, 0.2) is 0 Å². The zero-order valence-corrected chi connectivity index (χ0v) is 4.41. The van der Waals surface area contributed by atoms with Gasteiger partial charge >= 0.3 is 17.6 Å². The maximum atomic E-state index is 3.60. The predicted octanol–water partition coefficient (Wildman–Crippen LogP) is 0.911. The van der Waals surface area contributed by atoms with Crippen molar-refractivity contribution in [3.63, 3.8) is 0 Å². The molecule has 0 unspecified atom stereocenters. The molecule has 44 valence electrons. The van der Waals surface area contributed by atoms with Crippen molar-refractivity contribution in [3.8, 4) is 0 Å². The Morgan fingerprint density at radius 1 is 1.57 bits per heavy atom. The number of hydrogen-bond acceptors (Lipinski definition) is 0. The van der Waals surface area contributed by atoms with Crippen LogP contribution in [0.1, 0.15) is 26.2 Å². The third-order valence-electron chi connectivity index (χ3n) is 0.762. The summed E-state index contributed by atoms with van der Waals surface area (Å²) < 4.78 is 0. The van der Waals surface area contributed by atoms with E-state index in [-0.39, 0.29) is 17.6 Å². The van der Waals surface area contributed by atoms with Gasteiger partial charge in [0.25, 0.3) is 0 Å². The van der Waals surface area contributed by atoms with Crippen molar-refractivity contribution in [2.45, 2.75) is 26.2 Å². The number of rotatable bonds is 3. The molecule has 0 atom stereocenters. The van der Waals surface area contributed by atoms with Crippen molar-refractivity contribution in [1.82, 2.24) is 0 Å². The zero-order chi connectivity index (χ0) is 4.83. The molecule has 0 radical (unpaired) electrons. The van der Waals surface area contributed by atoms with Gasteiger partial charge in [-0.2, -0.15) is 0 Å². The van der Waals surface area contributed by atoms with Crippen LogP contribution in [0, 0.1) is 0 Å². The first-order valence-electron chi connectivity index (χ1n) is 2.52. The molecule has 1 heteroatoms. The van der Waals surface area contributed by atoms with Gasteiger partial charge in [-0.1, -0.05) is 25.8 Å². The van der Waals surface area contributed by atoms with E-state index in [1.807, 2.05) is 6.08 Å². The molecule has 0 aromatic rings. The monoisotopic (exact) mass is 162 g/mol. The third-order valence-corrected chi connectivity index (χ3v) is 0.762. The van der Waals surface area contributed by atoms with Crippen LogP contribution in [0.25, 0.3) is 0 Å². The quantitative estimate of drug-likeness (QED) is 0.327. The van der Waals surface area contributed by atoms with Gasteiger partial charge in [-0.3, -0.25) is 0 Å². The van der Waals surface area contributed by atoms with Gasteiger partial charge in [-0.05, 0) is 6.42 Å². The Balaban J connectivity index is 0. The van der Waals surface area contributed by atoms with E-state index >= 15 is 0 Å². The van der Waals surface area contributed by atoms with E-state index in [1.54, 1.807) is 0 Å². The Morgan fingerprint density at radius 2 is 2.14 bits per heavy atom. The van der Waals surface area contributed by atoms with Gasteiger partial charge in [0.2, 0.25) is 0 Å². The van der Waals surface area contributed by atoms with Gasteiger partial charge in [0.05, 0.1) is 0 Å². The van der Waals surface area contributed by atoms with Crippen molar-refractivity contribution in [3.05, 3.63) is 12.7 Å². The summed E-state index contributed by atoms with van der Waals surface area (Å²) in [6.07, 6.45) is 5.72. The molecule has 0 aliphatic carbocycles. The SMILES string of the molecule is C=CCCCC.[GeH4]. The third kappa shape index (κ3) is 10.7. The van der Waals surface area contributed by atoms with Crippen LogP contribution in [0.3, 0.4) is 0 Å². The molecule has 0 N–H and O–H groups in total. The van der Waals surface area contributed by atoms with Crippen molar-refractivity contribution < 1.29 is 0 Å². The summed E-state index contributed by atoms with van der Waals surface area (Å²) in [6, 6.07) is 0. The maximum absolute atomic E-state index is 3.60. The molecule has 0 saturated heterocycles. The molecule has 0 nitrogen and oxygen atoms in total. The van der Waals surface area contributed by atoms with E-state index in [0.717, 1.165) is 0 Å². The fourth-order valence-electron chi connectivity index (χ4n) is 0.348. The standard InChI is InChI=1S/C6H12.GeH4/c1-3-5-6-4-2;/h3H,1,4-6H2,2H3;1H4. The molecule has 0 aromatic carbocycles. The summed E-state index contributed by atoms with van der Waals surface area (Å²) in [5, 5.41) is 0. The van der Waals surface area contributed by atoms with E-state index in [1.165, 1.54) is 19.3 Å². The van der Waals surface area contributed by atoms with Crippen molar-refractivity contribution in [2.75, 3.05) is 0 Å². The van der Waals surface area contributed by atoms with E-state index < -0.39 is 0 Å². The first-order chi connectivity index (χ1) is 2.91. The van der Waals surface area contributed by atoms with Gasteiger partial charge in [-0.25, -0.2) is 0 Å². The fourth-order valence-corrected chi connectivity index (χ4v) is 0.348. The van der Waals surface area contributed by atoms with E-state index in [4.69, 9.17) is 0 Å². The Hall–Kier alpha value is 0.283. The first-order valence-corrected chi connectivity index (χ1v) is 2.52. The average Bonchev–Trinajstić information content (AvgIpc) is 1.61. The van der Waals surface area contributed by atoms with Gasteiger partial charge in [0, 0.05) is 0 Å². The number of allylic oxidation sites excluding steroid dienone is 1. The Morgan fingerprint density at radius 3 is 2.29 bits per heavy atom. The molecule has 0 spiro atoms. The van der Waals surface area contributed by atoms with Crippen LogP contribution in [0.15, 0.2) is 12.7 Å². The second kappa shape index (κ2) is 9.56. The molecule has 0 aliphatic heterocycles. The normalized spacial score (nSPS) is 7.00. The van der Waals surface area contributed by atoms with Crippen LogP contribution in [-0.4, -0.2) is 17.6 Å². The second-order valence-corrected chi connectivity index (χ2v) is 1.43. The molecule has 0 fully saturated rings. The molecular weight excluding hydrogens is 145 g/mol. The topological polar surface area (TPSA) is 0 Å². The van der Waals surface area contributed by atoms with Crippen molar-refractivity contribution >= 4 is 17.6 Å². The van der Waals surface area contributed by atoms with Crippen molar-refractivity contribution in [2.24, 2.45) is 0 Å². The van der Waals surface area contributed by atoms with Crippen LogP contribution >= 0.6 is 0 Å². The first kappa shape index (κ1) is 10.3. The summed E-state index contributed by atoms with van der Waals surface area (Å²) in [5.41, 5.74) is 0. The Labute approximate surface area is 57.0 Å². The Bertz CT molecular complexity index is 33.2. The Kier molecular flexibility index (Phi) is 14.1. The minimum atomic E-state index is 0. The van der Waals surface area contributed by atoms with E-state index in [2.05, 4.69) is 13.5 Å². The second-order valence-electron chi connectivity index (χ2n) is 1.43. The fraction of sp³-hybridized carbons (Fsp3) is 0.667. The van der Waals surface area contributed by atoms with Gasteiger partial charge < -0.3 is 0 Å². The van der Waals surface area contributed by atoms with Crippen LogP contribution in [-0.2, 0) is 0 Å². The molecule has 0 rings (SSSR count). The molecule has 0 amide bonds.